The maximum Gasteiger partial charge on any atom is 0.338 e. The number of carbonyl (C=O) groups excluding carboxylic acids is 2. The normalized spacial score (nSPS) is 22.9. The number of esters is 1. The van der Waals surface area contributed by atoms with E-state index in [4.69, 9.17) is 4.74 Å². The second kappa shape index (κ2) is 8.09. The van der Waals surface area contributed by atoms with Crippen LogP contribution in [0.3, 0.4) is 0 Å². The lowest BCUT2D eigenvalue weighted by Gasteiger charge is -2.34. The molecule has 1 aliphatic carbocycles. The number of nitro groups is 1. The first-order valence-corrected chi connectivity index (χ1v) is 8.51. The third-order valence-electron chi connectivity index (χ3n) is 5.03. The molecule has 0 heterocycles. The van der Waals surface area contributed by atoms with Gasteiger partial charge in [-0.3, -0.25) is 14.9 Å². The molecule has 0 radical (unpaired) electrons. The van der Waals surface area contributed by atoms with Crippen LogP contribution in [0.15, 0.2) is 18.2 Å². The van der Waals surface area contributed by atoms with Crippen molar-refractivity contribution in [3.63, 3.8) is 0 Å². The molecule has 1 aliphatic rings. The Morgan fingerprint density at radius 2 is 2.04 bits per heavy atom. The van der Waals surface area contributed by atoms with Gasteiger partial charge in [0.2, 0.25) is 0 Å². The van der Waals surface area contributed by atoms with Crippen LogP contribution in [0.1, 0.15) is 49.0 Å². The van der Waals surface area contributed by atoms with E-state index in [-0.39, 0.29) is 23.2 Å². The molecule has 1 aromatic carbocycles. The quantitative estimate of drug-likeness (QED) is 0.501. The highest BCUT2D eigenvalue weighted by Crippen LogP contribution is 2.29. The Hall–Kier alpha value is -2.44. The van der Waals surface area contributed by atoms with Crippen LogP contribution in [0.2, 0.25) is 0 Å². The summed E-state index contributed by atoms with van der Waals surface area (Å²) in [5.41, 5.74) is 0.369. The van der Waals surface area contributed by atoms with Crippen molar-refractivity contribution in [1.29, 1.82) is 0 Å². The number of hydrogen-bond donors (Lipinski definition) is 1. The topological polar surface area (TPSA) is 98.5 Å². The molecule has 7 heteroatoms. The number of carbonyl (C=O) groups is 2. The predicted octanol–water partition coefficient (Wildman–Crippen LogP) is 3.00. The van der Waals surface area contributed by atoms with Crippen molar-refractivity contribution in [1.82, 2.24) is 5.32 Å². The second-order valence-electron chi connectivity index (χ2n) is 6.78. The van der Waals surface area contributed by atoms with Crippen LogP contribution in [0.25, 0.3) is 0 Å². The molecule has 1 amide bonds. The summed E-state index contributed by atoms with van der Waals surface area (Å²) in [6, 6.07) is 4.20. The zero-order valence-corrected chi connectivity index (χ0v) is 14.8. The highest BCUT2D eigenvalue weighted by atomic mass is 16.6. The molecule has 1 aromatic rings. The second-order valence-corrected chi connectivity index (χ2v) is 6.78. The van der Waals surface area contributed by atoms with Crippen molar-refractivity contribution in [2.75, 3.05) is 6.61 Å². The van der Waals surface area contributed by atoms with E-state index in [1.54, 1.807) is 6.92 Å². The summed E-state index contributed by atoms with van der Waals surface area (Å²) in [5, 5.41) is 13.9. The number of nitrogens with one attached hydrogen (secondary N) is 1. The molecule has 25 heavy (non-hydrogen) atoms. The molecule has 0 aromatic heterocycles. The fourth-order valence-electron chi connectivity index (χ4n) is 3.18. The van der Waals surface area contributed by atoms with E-state index in [0.717, 1.165) is 19.3 Å². The number of rotatable bonds is 5. The summed E-state index contributed by atoms with van der Waals surface area (Å²) in [4.78, 5) is 34.4. The van der Waals surface area contributed by atoms with Gasteiger partial charge in [-0.1, -0.05) is 32.8 Å². The summed E-state index contributed by atoms with van der Waals surface area (Å²) < 4.78 is 4.99. The summed E-state index contributed by atoms with van der Waals surface area (Å²) in [7, 11) is 0. The molecule has 1 N–H and O–H groups in total. The molecule has 0 bridgehead atoms. The number of nitrogens with zero attached hydrogens (tertiary/aromatic N) is 1. The summed E-state index contributed by atoms with van der Waals surface area (Å²) >= 11 is 0. The van der Waals surface area contributed by atoms with Gasteiger partial charge < -0.3 is 10.1 Å². The minimum Gasteiger partial charge on any atom is -0.452 e. The van der Waals surface area contributed by atoms with E-state index in [0.29, 0.717) is 17.4 Å². The van der Waals surface area contributed by atoms with E-state index >= 15 is 0 Å². The molecule has 0 unspecified atom stereocenters. The van der Waals surface area contributed by atoms with Gasteiger partial charge in [-0.05, 0) is 31.2 Å². The fraction of sp³-hybridized carbons (Fsp3) is 0.556. The molecular weight excluding hydrogens is 324 g/mol. The maximum atomic E-state index is 12.0. The van der Waals surface area contributed by atoms with Gasteiger partial charge in [-0.2, -0.15) is 0 Å². The zero-order chi connectivity index (χ0) is 18.6. The van der Waals surface area contributed by atoms with Gasteiger partial charge in [0.05, 0.1) is 10.5 Å². The van der Waals surface area contributed by atoms with Crippen LogP contribution < -0.4 is 5.32 Å². The van der Waals surface area contributed by atoms with Gasteiger partial charge in [0, 0.05) is 17.7 Å². The Morgan fingerprint density at radius 3 is 2.72 bits per heavy atom. The Kier molecular flexibility index (Phi) is 6.12. The predicted molar refractivity (Wildman–Crippen MR) is 92.2 cm³/mol. The molecule has 0 spiro atoms. The largest absolute Gasteiger partial charge is 0.452 e. The monoisotopic (exact) mass is 348 g/mol. The van der Waals surface area contributed by atoms with Gasteiger partial charge in [0.1, 0.15) is 0 Å². The summed E-state index contributed by atoms with van der Waals surface area (Å²) in [6.45, 7) is 5.49. The van der Waals surface area contributed by atoms with Crippen molar-refractivity contribution >= 4 is 17.6 Å². The average molecular weight is 348 g/mol. The number of benzene rings is 1. The summed E-state index contributed by atoms with van der Waals surface area (Å²) in [5.74, 6) is -0.160. The lowest BCUT2D eigenvalue weighted by molar-refractivity contribution is -0.385. The number of nitro benzene ring substituents is 1. The first-order valence-electron chi connectivity index (χ1n) is 8.51. The molecule has 7 nitrogen and oxygen atoms in total. The summed E-state index contributed by atoms with van der Waals surface area (Å²) in [6.07, 6.45) is 3.16. The molecule has 1 saturated carbocycles. The zero-order valence-electron chi connectivity index (χ0n) is 14.8. The molecule has 136 valence electrons. The van der Waals surface area contributed by atoms with Crippen LogP contribution in [0.4, 0.5) is 5.69 Å². The average Bonchev–Trinajstić information content (AvgIpc) is 2.57. The lowest BCUT2D eigenvalue weighted by Crippen LogP contribution is -2.45. The van der Waals surface area contributed by atoms with Gasteiger partial charge in [0.25, 0.3) is 11.6 Å². The number of ether oxygens (including phenoxy) is 1. The fourth-order valence-corrected chi connectivity index (χ4v) is 3.18. The van der Waals surface area contributed by atoms with Crippen LogP contribution in [0.5, 0.6) is 0 Å². The van der Waals surface area contributed by atoms with Crippen LogP contribution in [0, 0.1) is 28.9 Å². The van der Waals surface area contributed by atoms with Crippen molar-refractivity contribution in [3.05, 3.63) is 39.4 Å². The van der Waals surface area contributed by atoms with Gasteiger partial charge >= 0.3 is 5.97 Å². The SMILES string of the molecule is Cc1ccc(C(=O)OCC(=O)N[C@H]2CCC[C@@H](C)[C@@H]2C)cc1[N+](=O)[O-]. The van der Waals surface area contributed by atoms with Gasteiger partial charge in [-0.25, -0.2) is 4.79 Å². The van der Waals surface area contributed by atoms with Gasteiger partial charge in [-0.15, -0.1) is 0 Å². The van der Waals surface area contributed by atoms with Crippen molar-refractivity contribution in [2.24, 2.45) is 11.8 Å². The van der Waals surface area contributed by atoms with E-state index in [1.807, 2.05) is 0 Å². The highest BCUT2D eigenvalue weighted by molar-refractivity contribution is 5.92. The standard InChI is InChI=1S/C18H24N2O5/c1-11-5-4-6-15(13(11)3)19-17(21)10-25-18(22)14-8-7-12(2)16(9-14)20(23)24/h7-9,11,13,15H,4-6,10H2,1-3H3,(H,19,21)/t11-,13+,15+/m1/s1. The maximum absolute atomic E-state index is 12.0. The molecule has 2 rings (SSSR count). The Balaban J connectivity index is 1.90. The molecule has 1 fully saturated rings. The molecule has 3 atom stereocenters. The first kappa shape index (κ1) is 18.9. The smallest absolute Gasteiger partial charge is 0.338 e. The third kappa shape index (κ3) is 4.78. The molecule has 0 saturated heterocycles. The number of hydrogen-bond acceptors (Lipinski definition) is 5. The van der Waals surface area contributed by atoms with Crippen molar-refractivity contribution in [2.45, 2.75) is 46.1 Å². The minimum absolute atomic E-state index is 0.0600. The Labute approximate surface area is 146 Å². The van der Waals surface area contributed by atoms with E-state index < -0.39 is 17.5 Å². The van der Waals surface area contributed by atoms with Crippen LogP contribution in [-0.2, 0) is 9.53 Å². The lowest BCUT2D eigenvalue weighted by atomic mass is 9.78. The van der Waals surface area contributed by atoms with E-state index in [9.17, 15) is 19.7 Å². The van der Waals surface area contributed by atoms with Gasteiger partial charge in [0.15, 0.2) is 6.61 Å². The van der Waals surface area contributed by atoms with E-state index in [2.05, 4.69) is 19.2 Å². The van der Waals surface area contributed by atoms with Crippen LogP contribution in [-0.4, -0.2) is 29.4 Å². The molecule has 0 aliphatic heterocycles. The molecular formula is C18H24N2O5. The third-order valence-corrected chi connectivity index (χ3v) is 5.03. The van der Waals surface area contributed by atoms with Crippen molar-refractivity contribution in [3.8, 4) is 0 Å². The Bertz CT molecular complexity index is 673. The number of amides is 1. The Morgan fingerprint density at radius 1 is 1.32 bits per heavy atom. The number of aryl methyl sites for hydroxylation is 1. The minimum atomic E-state index is -0.747. The van der Waals surface area contributed by atoms with Crippen LogP contribution >= 0.6 is 0 Å². The first-order chi connectivity index (χ1) is 11.8. The van der Waals surface area contributed by atoms with Crippen molar-refractivity contribution < 1.29 is 19.2 Å². The van der Waals surface area contributed by atoms with E-state index in [1.165, 1.54) is 18.2 Å². The highest BCUT2D eigenvalue weighted by Gasteiger charge is 2.28.